The second-order valence-corrected chi connectivity index (χ2v) is 6.62. The van der Waals surface area contributed by atoms with Crippen LogP contribution >= 0.6 is 12.4 Å². The topological polar surface area (TPSA) is 101 Å². The summed E-state index contributed by atoms with van der Waals surface area (Å²) in [5.74, 6) is 0. The Hall–Kier alpha value is -1.57. The van der Waals surface area contributed by atoms with E-state index in [-0.39, 0.29) is 23.5 Å². The molecule has 1 aliphatic rings. The molecular formula is C13H17ClN4O2S. The van der Waals surface area contributed by atoms with E-state index in [4.69, 9.17) is 5.73 Å². The molecule has 2 aromatic rings. The summed E-state index contributed by atoms with van der Waals surface area (Å²) in [6.45, 7) is 0. The highest BCUT2D eigenvalue weighted by atomic mass is 35.5. The Bertz CT molecular complexity index is 716. The van der Waals surface area contributed by atoms with Gasteiger partial charge in [-0.1, -0.05) is 6.07 Å². The molecule has 114 valence electrons. The molecule has 0 radical (unpaired) electrons. The highest BCUT2D eigenvalue weighted by molar-refractivity contribution is 7.89. The van der Waals surface area contributed by atoms with Crippen LogP contribution in [0, 0.1) is 0 Å². The van der Waals surface area contributed by atoms with Gasteiger partial charge in [0.15, 0.2) is 5.03 Å². The Morgan fingerprint density at radius 2 is 2.19 bits per heavy atom. The lowest BCUT2D eigenvalue weighted by atomic mass is 9.88. The average molecular weight is 329 g/mol. The summed E-state index contributed by atoms with van der Waals surface area (Å²) in [6.07, 6.45) is 5.30. The first kappa shape index (κ1) is 15.8. The van der Waals surface area contributed by atoms with Gasteiger partial charge in [-0.25, -0.2) is 18.1 Å². The van der Waals surface area contributed by atoms with Gasteiger partial charge in [-0.3, -0.25) is 0 Å². The van der Waals surface area contributed by atoms with Gasteiger partial charge in [-0.15, -0.1) is 12.4 Å². The Morgan fingerprint density at radius 1 is 1.38 bits per heavy atom. The second-order valence-electron chi connectivity index (χ2n) is 4.94. The van der Waals surface area contributed by atoms with E-state index in [1.54, 1.807) is 0 Å². The Labute approximate surface area is 129 Å². The zero-order valence-electron chi connectivity index (χ0n) is 11.2. The van der Waals surface area contributed by atoms with Gasteiger partial charge in [0.25, 0.3) is 10.0 Å². The van der Waals surface area contributed by atoms with E-state index >= 15 is 0 Å². The van der Waals surface area contributed by atoms with Gasteiger partial charge < -0.3 is 10.7 Å². The Kier molecular flexibility index (Phi) is 4.55. The van der Waals surface area contributed by atoms with E-state index in [2.05, 4.69) is 14.7 Å². The quantitative estimate of drug-likeness (QED) is 0.747. The lowest BCUT2D eigenvalue weighted by molar-refractivity contribution is 0.506. The lowest BCUT2D eigenvalue weighted by Gasteiger charge is -2.26. The van der Waals surface area contributed by atoms with Crippen molar-refractivity contribution in [2.75, 3.05) is 5.73 Å². The lowest BCUT2D eigenvalue weighted by Crippen LogP contribution is -2.31. The molecule has 0 bridgehead atoms. The number of fused-ring (bicyclic) bond motifs is 1. The van der Waals surface area contributed by atoms with Crippen molar-refractivity contribution >= 4 is 28.1 Å². The van der Waals surface area contributed by atoms with Crippen LogP contribution in [0.5, 0.6) is 0 Å². The van der Waals surface area contributed by atoms with Crippen molar-refractivity contribution < 1.29 is 8.42 Å². The third-order valence-corrected chi connectivity index (χ3v) is 4.94. The highest BCUT2D eigenvalue weighted by Gasteiger charge is 2.26. The maximum absolute atomic E-state index is 12.2. The van der Waals surface area contributed by atoms with Gasteiger partial charge in [0.1, 0.15) is 0 Å². The molecule has 6 nitrogen and oxygen atoms in total. The molecule has 1 aromatic heterocycles. The fourth-order valence-electron chi connectivity index (χ4n) is 2.60. The third kappa shape index (κ3) is 3.20. The standard InChI is InChI=1S/C13H16N4O2S.ClH/c14-10-4-5-11-9(6-10)2-1-3-12(11)17-20(18,19)13-7-15-8-16-13;/h4-8,12,17H,1-3,14H2,(H,15,16);1H. The normalized spacial score (nSPS) is 17.8. The van der Waals surface area contributed by atoms with Crippen molar-refractivity contribution in [3.8, 4) is 0 Å². The molecular weight excluding hydrogens is 312 g/mol. The Morgan fingerprint density at radius 3 is 2.90 bits per heavy atom. The number of anilines is 1. The maximum Gasteiger partial charge on any atom is 0.258 e. The van der Waals surface area contributed by atoms with Gasteiger partial charge in [-0.2, -0.15) is 0 Å². The number of imidazole rings is 1. The number of hydrogen-bond acceptors (Lipinski definition) is 4. The van der Waals surface area contributed by atoms with Crippen molar-refractivity contribution in [1.29, 1.82) is 0 Å². The summed E-state index contributed by atoms with van der Waals surface area (Å²) >= 11 is 0. The van der Waals surface area contributed by atoms with E-state index in [9.17, 15) is 8.42 Å². The molecule has 8 heteroatoms. The number of sulfonamides is 1. The number of aromatic amines is 1. The zero-order valence-corrected chi connectivity index (χ0v) is 12.9. The predicted octanol–water partition coefficient (Wildman–Crippen LogP) is 1.77. The first-order valence-corrected chi connectivity index (χ1v) is 7.93. The fourth-order valence-corrected chi connectivity index (χ4v) is 3.75. The summed E-state index contributed by atoms with van der Waals surface area (Å²) in [4.78, 5) is 6.36. The number of benzene rings is 1. The number of nitrogen functional groups attached to an aromatic ring is 1. The van der Waals surface area contributed by atoms with Crippen LogP contribution in [0.3, 0.4) is 0 Å². The van der Waals surface area contributed by atoms with E-state index in [1.807, 2.05) is 18.2 Å². The number of aryl methyl sites for hydroxylation is 1. The summed E-state index contributed by atoms with van der Waals surface area (Å²) in [6, 6.07) is 5.42. The van der Waals surface area contributed by atoms with Crippen LogP contribution in [0.25, 0.3) is 0 Å². The first-order chi connectivity index (χ1) is 9.56. The molecule has 1 unspecified atom stereocenters. The van der Waals surface area contributed by atoms with Crippen LogP contribution < -0.4 is 10.5 Å². The molecule has 0 saturated heterocycles. The second kappa shape index (κ2) is 6.05. The smallest absolute Gasteiger partial charge is 0.258 e. The minimum atomic E-state index is -3.57. The number of nitrogens with one attached hydrogen (secondary N) is 2. The van der Waals surface area contributed by atoms with Gasteiger partial charge in [0.2, 0.25) is 0 Å². The molecule has 3 rings (SSSR count). The van der Waals surface area contributed by atoms with Gasteiger partial charge in [0.05, 0.1) is 12.5 Å². The van der Waals surface area contributed by atoms with Crippen LogP contribution in [-0.2, 0) is 16.4 Å². The fraction of sp³-hybridized carbons (Fsp3) is 0.308. The highest BCUT2D eigenvalue weighted by Crippen LogP contribution is 2.31. The van der Waals surface area contributed by atoms with Gasteiger partial charge in [0, 0.05) is 11.7 Å². The number of hydrogen-bond donors (Lipinski definition) is 3. The van der Waals surface area contributed by atoms with E-state index in [1.165, 1.54) is 12.5 Å². The zero-order chi connectivity index (χ0) is 14.2. The minimum absolute atomic E-state index is 0. The van der Waals surface area contributed by atoms with Gasteiger partial charge >= 0.3 is 0 Å². The predicted molar refractivity (Wildman–Crippen MR) is 82.7 cm³/mol. The molecule has 0 aliphatic heterocycles. The molecule has 0 spiro atoms. The van der Waals surface area contributed by atoms with E-state index in [0.717, 1.165) is 30.4 Å². The summed E-state index contributed by atoms with van der Waals surface area (Å²) in [5.41, 5.74) is 8.62. The van der Waals surface area contributed by atoms with Crippen molar-refractivity contribution in [1.82, 2.24) is 14.7 Å². The number of nitrogens with two attached hydrogens (primary N) is 1. The van der Waals surface area contributed by atoms with Crippen LogP contribution in [0.4, 0.5) is 5.69 Å². The molecule has 1 heterocycles. The monoisotopic (exact) mass is 328 g/mol. The van der Waals surface area contributed by atoms with Gasteiger partial charge in [-0.05, 0) is 42.5 Å². The van der Waals surface area contributed by atoms with Crippen molar-refractivity contribution in [3.63, 3.8) is 0 Å². The van der Waals surface area contributed by atoms with Crippen molar-refractivity contribution in [2.24, 2.45) is 0 Å². The molecule has 21 heavy (non-hydrogen) atoms. The van der Waals surface area contributed by atoms with Crippen LogP contribution in [-0.4, -0.2) is 18.4 Å². The van der Waals surface area contributed by atoms with Crippen LogP contribution in [0.1, 0.15) is 30.0 Å². The molecule has 1 aromatic carbocycles. The van der Waals surface area contributed by atoms with Crippen molar-refractivity contribution in [3.05, 3.63) is 41.9 Å². The van der Waals surface area contributed by atoms with Crippen LogP contribution in [0.2, 0.25) is 0 Å². The number of aromatic nitrogens is 2. The maximum atomic E-state index is 12.2. The molecule has 1 aliphatic carbocycles. The minimum Gasteiger partial charge on any atom is -0.399 e. The largest absolute Gasteiger partial charge is 0.399 e. The van der Waals surface area contributed by atoms with Crippen LogP contribution in [0.15, 0.2) is 35.7 Å². The molecule has 4 N–H and O–H groups in total. The molecule has 0 saturated carbocycles. The first-order valence-electron chi connectivity index (χ1n) is 6.45. The molecule has 1 atom stereocenters. The number of H-pyrrole nitrogens is 1. The number of halogens is 1. The Balaban J connectivity index is 0.00000161. The summed E-state index contributed by atoms with van der Waals surface area (Å²) in [7, 11) is -3.57. The summed E-state index contributed by atoms with van der Waals surface area (Å²) in [5, 5.41) is 0.0834. The molecule has 0 amide bonds. The van der Waals surface area contributed by atoms with E-state index < -0.39 is 10.0 Å². The number of rotatable bonds is 3. The summed E-state index contributed by atoms with van der Waals surface area (Å²) < 4.78 is 27.2. The average Bonchev–Trinajstić information content (AvgIpc) is 2.93. The third-order valence-electron chi connectivity index (χ3n) is 3.54. The number of nitrogens with zero attached hydrogens (tertiary/aromatic N) is 1. The SMILES string of the molecule is Cl.Nc1ccc2c(c1)CCCC2NS(=O)(=O)c1cnc[nH]1. The van der Waals surface area contributed by atoms with E-state index in [0.29, 0.717) is 5.69 Å². The molecule has 0 fully saturated rings. The van der Waals surface area contributed by atoms with Crippen molar-refractivity contribution in [2.45, 2.75) is 30.3 Å².